The number of primary amides is 1. The van der Waals surface area contributed by atoms with Gasteiger partial charge in [0, 0.05) is 24.4 Å². The fourth-order valence-corrected chi connectivity index (χ4v) is 2.71. The highest BCUT2D eigenvalue weighted by atomic mass is 19.4. The van der Waals surface area contributed by atoms with E-state index in [1.165, 1.54) is 37.6 Å². The molecule has 164 valence electrons. The molecule has 10 nitrogen and oxygen atoms in total. The van der Waals surface area contributed by atoms with Gasteiger partial charge in [0.2, 0.25) is 5.91 Å². The third-order valence-electron chi connectivity index (χ3n) is 4.08. The predicted molar refractivity (Wildman–Crippen MR) is 99.5 cm³/mol. The van der Waals surface area contributed by atoms with Crippen LogP contribution in [0.2, 0.25) is 0 Å². The van der Waals surface area contributed by atoms with Crippen molar-refractivity contribution >= 4 is 17.5 Å². The van der Waals surface area contributed by atoms with Crippen LogP contribution in [-0.4, -0.2) is 39.5 Å². The van der Waals surface area contributed by atoms with Crippen molar-refractivity contribution in [3.63, 3.8) is 0 Å². The summed E-state index contributed by atoms with van der Waals surface area (Å²) in [7, 11) is 1.29. The van der Waals surface area contributed by atoms with Crippen molar-refractivity contribution in [2.75, 3.05) is 7.11 Å². The average Bonchev–Trinajstić information content (AvgIpc) is 2.99. The van der Waals surface area contributed by atoms with Crippen LogP contribution in [-0.2, 0) is 17.9 Å². The van der Waals surface area contributed by atoms with E-state index in [4.69, 9.17) is 10.5 Å². The number of hydrogen-bond donors (Lipinski definition) is 2. The van der Waals surface area contributed by atoms with Gasteiger partial charge in [-0.1, -0.05) is 0 Å². The molecule has 0 saturated carbocycles. The number of nitrogens with one attached hydrogen (secondary N) is 1. The molecule has 2 heterocycles. The Bertz CT molecular complexity index is 1200. The number of aromatic nitrogens is 3. The molecule has 3 rings (SSSR count). The topological polar surface area (TPSA) is 130 Å². The largest absolute Gasteiger partial charge is 0.573 e. The van der Waals surface area contributed by atoms with Gasteiger partial charge in [0.1, 0.15) is 18.0 Å². The van der Waals surface area contributed by atoms with E-state index in [0.29, 0.717) is 0 Å². The summed E-state index contributed by atoms with van der Waals surface area (Å²) >= 11 is 0. The monoisotopic (exact) mass is 439 g/mol. The van der Waals surface area contributed by atoms with Crippen molar-refractivity contribution in [3.8, 4) is 11.5 Å². The summed E-state index contributed by atoms with van der Waals surface area (Å²) in [5.41, 5.74) is 4.65. The molecule has 0 radical (unpaired) electrons. The van der Waals surface area contributed by atoms with E-state index < -0.39 is 36.2 Å². The molecule has 13 heteroatoms. The minimum Gasteiger partial charge on any atom is -0.497 e. The molecule has 2 amide bonds. The molecule has 0 aliphatic heterocycles. The number of hydrogen-bond acceptors (Lipinski definition) is 6. The van der Waals surface area contributed by atoms with Gasteiger partial charge in [0.15, 0.2) is 5.65 Å². The molecule has 0 bridgehead atoms. The standard InChI is InChI=1S/C18H16F3N5O5/c1-30-12-4-2-10(13(6-12)31-18(19,20)21)7-23-16(28)11-3-5-15-24-26(9-14(22)27)17(29)25(15)8-11/h2-6,8H,7,9H2,1H3,(H2,22,27)(H,23,28). The zero-order valence-electron chi connectivity index (χ0n) is 16.0. The highest BCUT2D eigenvalue weighted by Gasteiger charge is 2.32. The second-order valence-electron chi connectivity index (χ2n) is 6.26. The third-order valence-corrected chi connectivity index (χ3v) is 4.08. The number of methoxy groups -OCH3 is 1. The minimum absolute atomic E-state index is 0.0417. The zero-order valence-corrected chi connectivity index (χ0v) is 16.0. The number of ether oxygens (including phenoxy) is 2. The number of pyridine rings is 1. The molecule has 2 aromatic heterocycles. The number of nitrogens with two attached hydrogens (primary N) is 1. The first-order chi connectivity index (χ1) is 14.6. The van der Waals surface area contributed by atoms with Gasteiger partial charge in [0.25, 0.3) is 5.91 Å². The Morgan fingerprint density at radius 2 is 1.97 bits per heavy atom. The molecule has 0 fully saturated rings. The number of benzene rings is 1. The van der Waals surface area contributed by atoms with E-state index in [0.717, 1.165) is 15.1 Å². The van der Waals surface area contributed by atoms with E-state index >= 15 is 0 Å². The molecule has 0 aliphatic carbocycles. The maximum atomic E-state index is 12.7. The van der Waals surface area contributed by atoms with Gasteiger partial charge in [-0.25, -0.2) is 13.9 Å². The van der Waals surface area contributed by atoms with Crippen LogP contribution in [0.25, 0.3) is 5.65 Å². The summed E-state index contributed by atoms with van der Waals surface area (Å²) in [6, 6.07) is 6.53. The lowest BCUT2D eigenvalue weighted by molar-refractivity contribution is -0.274. The Balaban J connectivity index is 1.81. The molecule has 0 atom stereocenters. The number of carbonyl (C=O) groups is 2. The van der Waals surface area contributed by atoms with Crippen LogP contribution >= 0.6 is 0 Å². The summed E-state index contributed by atoms with van der Waals surface area (Å²) in [6.07, 6.45) is -3.74. The highest BCUT2D eigenvalue weighted by molar-refractivity contribution is 5.94. The zero-order chi connectivity index (χ0) is 22.8. The summed E-state index contributed by atoms with van der Waals surface area (Å²) < 4.78 is 48.8. The Hall–Kier alpha value is -4.03. The van der Waals surface area contributed by atoms with Crippen molar-refractivity contribution < 1.29 is 32.2 Å². The van der Waals surface area contributed by atoms with Gasteiger partial charge in [-0.3, -0.25) is 9.59 Å². The quantitative estimate of drug-likeness (QED) is 0.561. The van der Waals surface area contributed by atoms with Gasteiger partial charge in [-0.2, -0.15) is 0 Å². The first-order valence-corrected chi connectivity index (χ1v) is 8.66. The number of rotatable bonds is 7. The molecule has 1 aromatic carbocycles. The third kappa shape index (κ3) is 5.12. The number of halogens is 3. The lowest BCUT2D eigenvalue weighted by Crippen LogP contribution is -2.29. The van der Waals surface area contributed by atoms with E-state index in [2.05, 4.69) is 15.2 Å². The maximum absolute atomic E-state index is 12.7. The number of alkyl halides is 3. The van der Waals surface area contributed by atoms with Gasteiger partial charge in [-0.15, -0.1) is 18.3 Å². The molecular weight excluding hydrogens is 423 g/mol. The molecular formula is C18H16F3N5O5. The molecule has 0 aliphatic rings. The van der Waals surface area contributed by atoms with E-state index in [9.17, 15) is 27.6 Å². The van der Waals surface area contributed by atoms with Crippen LogP contribution < -0.4 is 26.2 Å². The molecule has 3 N–H and O–H groups in total. The molecule has 0 saturated heterocycles. The first-order valence-electron chi connectivity index (χ1n) is 8.66. The molecule has 0 unspecified atom stereocenters. The highest BCUT2D eigenvalue weighted by Crippen LogP contribution is 2.30. The van der Waals surface area contributed by atoms with Crippen LogP contribution in [0.15, 0.2) is 41.3 Å². The van der Waals surface area contributed by atoms with Crippen molar-refractivity contribution in [2.24, 2.45) is 5.73 Å². The number of amides is 2. The maximum Gasteiger partial charge on any atom is 0.573 e. The van der Waals surface area contributed by atoms with Gasteiger partial charge in [0.05, 0.1) is 12.7 Å². The van der Waals surface area contributed by atoms with Crippen molar-refractivity contribution in [3.05, 3.63) is 58.1 Å². The van der Waals surface area contributed by atoms with E-state index in [-0.39, 0.29) is 29.1 Å². The first kappa shape index (κ1) is 21.7. The Kier molecular flexibility index (Phi) is 5.86. The summed E-state index contributed by atoms with van der Waals surface area (Å²) in [5, 5.41) is 6.37. The SMILES string of the molecule is COc1ccc(CNC(=O)c2ccc3nn(CC(N)=O)c(=O)n3c2)c(OC(F)(F)F)c1. The fraction of sp³-hybridized carbons (Fsp3) is 0.222. The lowest BCUT2D eigenvalue weighted by atomic mass is 10.1. The number of fused-ring (bicyclic) bond motifs is 1. The van der Waals surface area contributed by atoms with Crippen LogP contribution in [0.3, 0.4) is 0 Å². The summed E-state index contributed by atoms with van der Waals surface area (Å²) in [5.74, 6) is -1.80. The summed E-state index contributed by atoms with van der Waals surface area (Å²) in [4.78, 5) is 35.7. The van der Waals surface area contributed by atoms with Gasteiger partial charge in [-0.05, 0) is 24.3 Å². The second-order valence-corrected chi connectivity index (χ2v) is 6.26. The van der Waals surface area contributed by atoms with Crippen LogP contribution in [0.1, 0.15) is 15.9 Å². The Morgan fingerprint density at radius 1 is 1.23 bits per heavy atom. The Labute approximate surface area is 172 Å². The number of nitrogens with zero attached hydrogens (tertiary/aromatic N) is 3. The van der Waals surface area contributed by atoms with Crippen molar-refractivity contribution in [2.45, 2.75) is 19.5 Å². The second kappa shape index (κ2) is 8.38. The molecule has 3 aromatic rings. The minimum atomic E-state index is -4.93. The molecule has 0 spiro atoms. The van der Waals surface area contributed by atoms with Gasteiger partial charge < -0.3 is 20.5 Å². The van der Waals surface area contributed by atoms with Crippen LogP contribution in [0, 0.1) is 0 Å². The van der Waals surface area contributed by atoms with E-state index in [1.54, 1.807) is 0 Å². The number of carbonyl (C=O) groups excluding carboxylic acids is 2. The van der Waals surface area contributed by atoms with Gasteiger partial charge >= 0.3 is 12.1 Å². The van der Waals surface area contributed by atoms with Crippen molar-refractivity contribution in [1.29, 1.82) is 0 Å². The fourth-order valence-electron chi connectivity index (χ4n) is 2.71. The average molecular weight is 439 g/mol. The van der Waals surface area contributed by atoms with Crippen molar-refractivity contribution in [1.82, 2.24) is 19.5 Å². The Morgan fingerprint density at radius 3 is 2.61 bits per heavy atom. The molecule has 31 heavy (non-hydrogen) atoms. The smallest absolute Gasteiger partial charge is 0.497 e. The van der Waals surface area contributed by atoms with E-state index in [1.807, 2.05) is 0 Å². The van der Waals surface area contributed by atoms with Crippen LogP contribution in [0.4, 0.5) is 13.2 Å². The predicted octanol–water partition coefficient (Wildman–Crippen LogP) is 0.818. The lowest BCUT2D eigenvalue weighted by Gasteiger charge is -2.15. The normalized spacial score (nSPS) is 11.4. The summed E-state index contributed by atoms with van der Waals surface area (Å²) in [6.45, 7) is -0.719. The van der Waals surface area contributed by atoms with Crippen LogP contribution in [0.5, 0.6) is 11.5 Å².